The van der Waals surface area contributed by atoms with Gasteiger partial charge in [-0.25, -0.2) is 9.18 Å². The lowest BCUT2D eigenvalue weighted by Gasteiger charge is -2.37. The maximum Gasteiger partial charge on any atom is 0.337 e. The van der Waals surface area contributed by atoms with E-state index in [1.807, 2.05) is 32.9 Å². The number of ether oxygens (including phenoxy) is 1. The summed E-state index contributed by atoms with van der Waals surface area (Å²) in [5.41, 5.74) is 1.08. The lowest BCUT2D eigenvalue weighted by atomic mass is 9.88. The lowest BCUT2D eigenvalue weighted by Crippen LogP contribution is -2.44. The molecular formula is C17H24FNO3. The number of hydrogen-bond donors (Lipinski definition) is 0. The standard InChI is InChI=1S/C17H24FNO3/c1-17(2,3)22-19-10-9-14(15(18)11-19)12-5-7-13(8-6-12)16(20)21-4/h5-8,14-15H,9-11H2,1-4H3/t14-,15-/m1/s1. The Kier molecular flexibility index (Phi) is 5.19. The summed E-state index contributed by atoms with van der Waals surface area (Å²) in [4.78, 5) is 17.2. The van der Waals surface area contributed by atoms with Crippen LogP contribution in [0.25, 0.3) is 0 Å². The molecular weight excluding hydrogens is 285 g/mol. The van der Waals surface area contributed by atoms with Crippen molar-refractivity contribution < 1.29 is 18.8 Å². The molecule has 0 aliphatic carbocycles. The number of hydrogen-bond acceptors (Lipinski definition) is 4. The van der Waals surface area contributed by atoms with Crippen LogP contribution < -0.4 is 0 Å². The van der Waals surface area contributed by atoms with Crippen LogP contribution in [0.15, 0.2) is 24.3 Å². The van der Waals surface area contributed by atoms with E-state index in [9.17, 15) is 9.18 Å². The highest BCUT2D eigenvalue weighted by molar-refractivity contribution is 5.89. The summed E-state index contributed by atoms with van der Waals surface area (Å²) in [6.07, 6.45) is -0.297. The molecule has 0 radical (unpaired) electrons. The molecule has 2 atom stereocenters. The van der Waals surface area contributed by atoms with Crippen LogP contribution in [0.2, 0.25) is 0 Å². The summed E-state index contributed by atoms with van der Waals surface area (Å²) in [5, 5.41) is 1.71. The van der Waals surface area contributed by atoms with Gasteiger partial charge in [0.25, 0.3) is 0 Å². The molecule has 22 heavy (non-hydrogen) atoms. The first-order valence-corrected chi connectivity index (χ1v) is 7.56. The molecule has 1 aliphatic rings. The molecule has 0 aromatic heterocycles. The third kappa shape index (κ3) is 4.27. The van der Waals surface area contributed by atoms with Gasteiger partial charge in [0.2, 0.25) is 0 Å². The minimum atomic E-state index is -0.986. The zero-order valence-electron chi connectivity index (χ0n) is 13.6. The third-order valence-electron chi connectivity index (χ3n) is 3.67. The second-order valence-electron chi connectivity index (χ2n) is 6.62. The number of halogens is 1. The average molecular weight is 309 g/mol. The van der Waals surface area contributed by atoms with Crippen molar-refractivity contribution in [3.8, 4) is 0 Å². The Morgan fingerprint density at radius 3 is 2.41 bits per heavy atom. The Hall–Kier alpha value is -1.46. The van der Waals surface area contributed by atoms with Gasteiger partial charge < -0.3 is 4.74 Å². The van der Waals surface area contributed by atoms with Crippen LogP contribution in [-0.2, 0) is 9.57 Å². The van der Waals surface area contributed by atoms with Crippen LogP contribution in [0.3, 0.4) is 0 Å². The van der Waals surface area contributed by atoms with Crippen molar-refractivity contribution in [2.45, 2.75) is 44.9 Å². The van der Waals surface area contributed by atoms with E-state index < -0.39 is 6.17 Å². The quantitative estimate of drug-likeness (QED) is 0.803. The number of alkyl halides is 1. The largest absolute Gasteiger partial charge is 0.465 e. The number of carbonyl (C=O) groups excluding carboxylic acids is 1. The third-order valence-corrected chi connectivity index (χ3v) is 3.67. The highest BCUT2D eigenvalue weighted by Crippen LogP contribution is 2.31. The van der Waals surface area contributed by atoms with Gasteiger partial charge in [0, 0.05) is 12.5 Å². The highest BCUT2D eigenvalue weighted by Gasteiger charge is 2.32. The van der Waals surface area contributed by atoms with Gasteiger partial charge >= 0.3 is 5.97 Å². The minimum Gasteiger partial charge on any atom is -0.465 e. The molecule has 1 heterocycles. The van der Waals surface area contributed by atoms with Crippen molar-refractivity contribution in [3.05, 3.63) is 35.4 Å². The normalized spacial score (nSPS) is 23.3. The number of benzene rings is 1. The van der Waals surface area contributed by atoms with Crippen LogP contribution in [0, 0.1) is 0 Å². The number of hydroxylamine groups is 2. The van der Waals surface area contributed by atoms with Gasteiger partial charge in [0.05, 0.1) is 24.8 Å². The summed E-state index contributed by atoms with van der Waals surface area (Å²) in [6, 6.07) is 6.99. The molecule has 1 aliphatic heterocycles. The zero-order valence-corrected chi connectivity index (χ0v) is 13.6. The Bertz CT molecular complexity index is 510. The van der Waals surface area contributed by atoms with Crippen LogP contribution in [0.4, 0.5) is 4.39 Å². The average Bonchev–Trinajstić information content (AvgIpc) is 2.45. The summed E-state index contributed by atoms with van der Waals surface area (Å²) in [5.74, 6) is -0.539. The van der Waals surface area contributed by atoms with Crippen molar-refractivity contribution in [2.75, 3.05) is 20.2 Å². The maximum absolute atomic E-state index is 14.5. The number of methoxy groups -OCH3 is 1. The van der Waals surface area contributed by atoms with E-state index >= 15 is 0 Å². The molecule has 1 saturated heterocycles. The molecule has 1 fully saturated rings. The van der Waals surface area contributed by atoms with E-state index in [0.29, 0.717) is 18.5 Å². The summed E-state index contributed by atoms with van der Waals surface area (Å²) in [6.45, 7) is 6.83. The van der Waals surface area contributed by atoms with E-state index in [1.54, 1.807) is 17.2 Å². The Morgan fingerprint density at radius 2 is 1.91 bits per heavy atom. The van der Waals surface area contributed by atoms with Crippen LogP contribution in [-0.4, -0.2) is 43.0 Å². The SMILES string of the molecule is COC(=O)c1ccc([C@H]2CCN(OC(C)(C)C)C[C@H]2F)cc1. The minimum absolute atomic E-state index is 0.161. The zero-order chi connectivity index (χ0) is 16.3. The fourth-order valence-corrected chi connectivity index (χ4v) is 2.71. The Morgan fingerprint density at radius 1 is 1.27 bits per heavy atom. The van der Waals surface area contributed by atoms with Crippen LogP contribution in [0.1, 0.15) is 49.0 Å². The molecule has 0 N–H and O–H groups in total. The second kappa shape index (κ2) is 6.75. The molecule has 0 bridgehead atoms. The van der Waals surface area contributed by atoms with E-state index in [-0.39, 0.29) is 24.0 Å². The van der Waals surface area contributed by atoms with Crippen LogP contribution >= 0.6 is 0 Å². The van der Waals surface area contributed by atoms with Crippen molar-refractivity contribution in [1.29, 1.82) is 0 Å². The fraction of sp³-hybridized carbons (Fsp3) is 0.588. The van der Waals surface area contributed by atoms with Crippen molar-refractivity contribution in [1.82, 2.24) is 5.06 Å². The van der Waals surface area contributed by atoms with Gasteiger partial charge in [-0.1, -0.05) is 12.1 Å². The van der Waals surface area contributed by atoms with E-state index in [1.165, 1.54) is 7.11 Å². The van der Waals surface area contributed by atoms with Gasteiger partial charge in [-0.3, -0.25) is 4.84 Å². The molecule has 1 aromatic carbocycles. The monoisotopic (exact) mass is 309 g/mol. The first kappa shape index (κ1) is 16.9. The molecule has 122 valence electrons. The van der Waals surface area contributed by atoms with Crippen molar-refractivity contribution >= 4 is 5.97 Å². The second-order valence-corrected chi connectivity index (χ2v) is 6.62. The first-order valence-electron chi connectivity index (χ1n) is 7.56. The predicted octanol–water partition coefficient (Wildman–Crippen LogP) is 3.33. The number of nitrogens with zero attached hydrogens (tertiary/aromatic N) is 1. The lowest BCUT2D eigenvalue weighted by molar-refractivity contribution is -0.244. The molecule has 1 aromatic rings. The molecule has 0 amide bonds. The maximum atomic E-state index is 14.5. The molecule has 4 nitrogen and oxygen atoms in total. The molecule has 0 spiro atoms. The summed E-state index contributed by atoms with van der Waals surface area (Å²) < 4.78 is 19.1. The Labute approximate surface area is 131 Å². The van der Waals surface area contributed by atoms with Gasteiger partial charge in [-0.2, -0.15) is 5.06 Å². The topological polar surface area (TPSA) is 38.8 Å². The van der Waals surface area contributed by atoms with E-state index in [0.717, 1.165) is 5.56 Å². The first-order chi connectivity index (χ1) is 10.3. The van der Waals surface area contributed by atoms with Gasteiger partial charge in [-0.05, 0) is 44.9 Å². The fourth-order valence-electron chi connectivity index (χ4n) is 2.71. The van der Waals surface area contributed by atoms with E-state index in [2.05, 4.69) is 4.74 Å². The predicted molar refractivity (Wildman–Crippen MR) is 82.4 cm³/mol. The molecule has 2 rings (SSSR count). The van der Waals surface area contributed by atoms with Crippen LogP contribution in [0.5, 0.6) is 0 Å². The number of esters is 1. The highest BCUT2D eigenvalue weighted by atomic mass is 19.1. The molecule has 0 unspecified atom stereocenters. The molecule has 5 heteroatoms. The number of carbonyl (C=O) groups is 1. The number of rotatable bonds is 3. The smallest absolute Gasteiger partial charge is 0.337 e. The Balaban J connectivity index is 2.01. The van der Waals surface area contributed by atoms with E-state index in [4.69, 9.17) is 4.84 Å². The number of piperidine rings is 1. The summed E-state index contributed by atoms with van der Waals surface area (Å²) >= 11 is 0. The van der Waals surface area contributed by atoms with Gasteiger partial charge in [0.1, 0.15) is 6.17 Å². The summed E-state index contributed by atoms with van der Waals surface area (Å²) in [7, 11) is 1.35. The van der Waals surface area contributed by atoms with Gasteiger partial charge in [-0.15, -0.1) is 0 Å². The van der Waals surface area contributed by atoms with Crippen molar-refractivity contribution in [3.63, 3.8) is 0 Å². The van der Waals surface area contributed by atoms with Gasteiger partial charge in [0.15, 0.2) is 0 Å². The van der Waals surface area contributed by atoms with Crippen molar-refractivity contribution in [2.24, 2.45) is 0 Å². The molecule has 0 saturated carbocycles.